The maximum atomic E-state index is 2.50. The standard InChI is InChI=1S/C32H35N2.2C28H27N2.C23H23N2/c1-20(2)24-14-11-15-25(21(3)4)31(24)28-18-30(33(7)19-23(28)6)34-29-17-9-8-13-26(29)27-16-10-12-22(5)32(27)34;1-18-10-8-11-19(2)27(18)24-16-26(29(5)17-21(24)4)30-25-15-7-6-13-22(25)23-14-9-12-20(3)28(23)30;1-18-10-8-11-19(2)27(18)24-17-29(5)26(16-21(24)4)30-25-15-7-6-13-22(25)23-14-9-12-20(3)28(23)30;1-14-12-13-24(5)22-19(14)23(3,4)18-11-7-10-17-16-9-6-8-15(2)20(16)25(22)21(17)18/h8-21H,1-7H3;2*6-17H,1-5H3;6-13H,1-5H3/q4*+1. The molecule has 0 aliphatic carbocycles. The Morgan fingerprint density at radius 1 is 0.261 bits per heavy atom. The fraction of sp³-hybridized carbons (Fsp3) is 0.225. The molecule has 0 saturated carbocycles. The van der Waals surface area contributed by atoms with Crippen LogP contribution in [0.5, 0.6) is 0 Å². The van der Waals surface area contributed by atoms with Crippen molar-refractivity contribution in [2.24, 2.45) is 28.2 Å². The summed E-state index contributed by atoms with van der Waals surface area (Å²) in [7, 11) is 8.64. The minimum Gasteiger partial charge on any atom is -0.236 e. The van der Waals surface area contributed by atoms with Gasteiger partial charge in [0.15, 0.2) is 0 Å². The van der Waals surface area contributed by atoms with E-state index >= 15 is 0 Å². The van der Waals surface area contributed by atoms with Gasteiger partial charge in [-0.1, -0.05) is 193 Å². The lowest BCUT2D eigenvalue weighted by Crippen LogP contribution is -2.41. The number of rotatable bonds is 8. The SMILES string of the molecule is Cc1c[n+](C)c(-n2c3ccccc3c3cccc(C)c32)cc1-c1c(C(C)C)cccc1C(C)C.Cc1c[n+](C)c(-n2c3ccccc3c3cccc(C)c32)cc1-c1c(C)cccc1C.Cc1cc(-n2c3ccccc3c3cccc(C)c32)[n+](C)cc1-c1c(C)cccc1C.Cc1cc[n+](C)c2c1C(C)(C)c1cccc3c4cccc(C)c4n-2c13. The summed E-state index contributed by atoms with van der Waals surface area (Å²) in [5.41, 5.74) is 39.7. The third kappa shape index (κ3) is 13.0. The van der Waals surface area contributed by atoms with E-state index in [1.807, 2.05) is 0 Å². The number of hydrogen-bond acceptors (Lipinski definition) is 0. The molecule has 11 aromatic carbocycles. The van der Waals surface area contributed by atoms with Crippen LogP contribution in [-0.4, -0.2) is 18.3 Å². The van der Waals surface area contributed by atoms with Crippen molar-refractivity contribution < 1.29 is 18.3 Å². The Bertz CT molecular complexity index is 7270. The second-order valence-electron chi connectivity index (χ2n) is 35.1. The van der Waals surface area contributed by atoms with Crippen molar-refractivity contribution in [1.29, 1.82) is 0 Å². The number of nitrogens with zero attached hydrogens (tertiary/aromatic N) is 8. The van der Waals surface area contributed by atoms with Gasteiger partial charge in [-0.15, -0.1) is 0 Å². The molecular formula is C111H112N8+4. The Kier molecular flexibility index (Phi) is 20.3. The molecule has 1 aliphatic rings. The first kappa shape index (κ1) is 78.7. The molecular weight excluding hydrogens is 1450 g/mol. The average molecular weight is 1560 g/mol. The van der Waals surface area contributed by atoms with Crippen molar-refractivity contribution in [2.75, 3.05) is 0 Å². The van der Waals surface area contributed by atoms with Gasteiger partial charge in [-0.2, -0.15) is 18.3 Å². The van der Waals surface area contributed by atoms with Crippen molar-refractivity contribution >= 4 is 87.2 Å². The highest BCUT2D eigenvalue weighted by Crippen LogP contribution is 2.49. The number of benzene rings is 11. The topological polar surface area (TPSA) is 35.2 Å². The number of aromatic nitrogens is 8. The van der Waals surface area contributed by atoms with Gasteiger partial charge >= 0.3 is 0 Å². The van der Waals surface area contributed by atoms with Gasteiger partial charge in [-0.05, 0) is 273 Å². The van der Waals surface area contributed by atoms with Gasteiger partial charge < -0.3 is 0 Å². The van der Waals surface area contributed by atoms with Crippen molar-refractivity contribution in [1.82, 2.24) is 18.3 Å². The Hall–Kier alpha value is -12.8. The summed E-state index contributed by atoms with van der Waals surface area (Å²) >= 11 is 0. The van der Waals surface area contributed by atoms with Gasteiger partial charge in [0.05, 0.1) is 58.5 Å². The zero-order valence-electron chi connectivity index (χ0n) is 73.6. The number of pyridine rings is 4. The highest BCUT2D eigenvalue weighted by atomic mass is 15.2. The summed E-state index contributed by atoms with van der Waals surface area (Å²) in [4.78, 5) is 0. The number of para-hydroxylation sites is 8. The van der Waals surface area contributed by atoms with Gasteiger partial charge in [0.1, 0.15) is 44.1 Å². The van der Waals surface area contributed by atoms with Gasteiger partial charge in [0.25, 0.3) is 23.3 Å². The lowest BCUT2D eigenvalue weighted by molar-refractivity contribution is -0.666. The number of hydrogen-bond donors (Lipinski definition) is 0. The maximum absolute atomic E-state index is 2.50. The second-order valence-corrected chi connectivity index (χ2v) is 35.1. The largest absolute Gasteiger partial charge is 0.291 e. The molecule has 0 atom stereocenters. The van der Waals surface area contributed by atoms with Crippen LogP contribution in [0.3, 0.4) is 0 Å². The lowest BCUT2D eigenvalue weighted by Gasteiger charge is -2.32. The molecule has 0 unspecified atom stereocenters. The van der Waals surface area contributed by atoms with Crippen LogP contribution in [0.4, 0.5) is 0 Å². The summed E-state index contributed by atoms with van der Waals surface area (Å²) in [6, 6.07) is 88.8. The van der Waals surface area contributed by atoms with Crippen LogP contribution in [0, 0.1) is 83.1 Å². The molecule has 20 rings (SSSR count). The highest BCUT2D eigenvalue weighted by Gasteiger charge is 2.43. The maximum Gasteiger partial charge on any atom is 0.291 e. The van der Waals surface area contributed by atoms with E-state index < -0.39 is 0 Å². The summed E-state index contributed by atoms with van der Waals surface area (Å²) in [5, 5.41) is 10.5. The van der Waals surface area contributed by atoms with Crippen LogP contribution in [0.15, 0.2) is 267 Å². The van der Waals surface area contributed by atoms with Crippen LogP contribution in [0.2, 0.25) is 0 Å². The minimum atomic E-state index is -0.0176. The number of fused-ring (bicyclic) bond motifs is 14. The van der Waals surface area contributed by atoms with E-state index in [2.05, 4.69) is 457 Å². The predicted octanol–water partition coefficient (Wildman–Crippen LogP) is 26.0. The molecule has 0 fully saturated rings. The van der Waals surface area contributed by atoms with E-state index in [1.165, 1.54) is 233 Å². The Labute approximate surface area is 702 Å². The molecule has 0 bridgehead atoms. The van der Waals surface area contributed by atoms with Gasteiger partial charge in [-0.25, -0.2) is 18.3 Å². The molecule has 0 radical (unpaired) electrons. The fourth-order valence-corrected chi connectivity index (χ4v) is 20.3. The lowest BCUT2D eigenvalue weighted by atomic mass is 9.74. The van der Waals surface area contributed by atoms with Crippen LogP contribution in [-0.2, 0) is 33.6 Å². The van der Waals surface area contributed by atoms with Crippen LogP contribution in [0.1, 0.15) is 142 Å². The highest BCUT2D eigenvalue weighted by molar-refractivity contribution is 6.14. The molecule has 0 saturated heterocycles. The first-order valence-corrected chi connectivity index (χ1v) is 42.4. The van der Waals surface area contributed by atoms with Crippen LogP contribution >= 0.6 is 0 Å². The molecule has 8 nitrogen and oxygen atoms in total. The van der Waals surface area contributed by atoms with E-state index in [-0.39, 0.29) is 5.41 Å². The normalized spacial score (nSPS) is 12.3. The van der Waals surface area contributed by atoms with Crippen molar-refractivity contribution in [2.45, 2.75) is 142 Å². The summed E-state index contributed by atoms with van der Waals surface area (Å²) in [6.07, 6.45) is 9.03. The third-order valence-electron chi connectivity index (χ3n) is 25.9. The Morgan fingerprint density at radius 3 is 1.00 bits per heavy atom. The van der Waals surface area contributed by atoms with Gasteiger partial charge in [-0.3, -0.25) is 0 Å². The molecule has 8 aromatic heterocycles. The molecule has 8 heteroatoms. The second kappa shape index (κ2) is 30.6. The van der Waals surface area contributed by atoms with E-state index in [0.717, 1.165) is 0 Å². The number of aryl methyl sites for hydroxylation is 16. The van der Waals surface area contributed by atoms with Gasteiger partial charge in [0.2, 0.25) is 0 Å². The minimum absolute atomic E-state index is 0.0176. The van der Waals surface area contributed by atoms with Crippen LogP contribution in [0.25, 0.3) is 144 Å². The van der Waals surface area contributed by atoms with E-state index in [0.29, 0.717) is 11.8 Å². The zero-order valence-corrected chi connectivity index (χ0v) is 73.6. The molecule has 0 N–H and O–H groups in total. The molecule has 0 amide bonds. The summed E-state index contributed by atoms with van der Waals surface area (Å²) in [5.74, 6) is 5.77. The van der Waals surface area contributed by atoms with E-state index in [1.54, 1.807) is 0 Å². The summed E-state index contributed by atoms with van der Waals surface area (Å²) in [6.45, 7) is 40.5. The van der Waals surface area contributed by atoms with Crippen LogP contribution < -0.4 is 18.3 Å². The van der Waals surface area contributed by atoms with Crippen molar-refractivity contribution in [3.05, 3.63) is 356 Å². The molecule has 119 heavy (non-hydrogen) atoms. The fourth-order valence-electron chi connectivity index (χ4n) is 20.3. The third-order valence-corrected chi connectivity index (χ3v) is 25.9. The smallest absolute Gasteiger partial charge is 0.236 e. The molecule has 9 heterocycles. The predicted molar refractivity (Wildman–Crippen MR) is 501 cm³/mol. The van der Waals surface area contributed by atoms with E-state index in [9.17, 15) is 0 Å². The molecule has 592 valence electrons. The molecule has 19 aromatic rings. The quantitative estimate of drug-likeness (QED) is 0.136. The first-order chi connectivity index (χ1) is 57.2. The summed E-state index contributed by atoms with van der Waals surface area (Å²) < 4.78 is 18.9. The molecule has 0 spiro atoms. The van der Waals surface area contributed by atoms with Crippen molar-refractivity contribution in [3.63, 3.8) is 0 Å². The van der Waals surface area contributed by atoms with Gasteiger partial charge in [0, 0.05) is 77.8 Å². The Morgan fingerprint density at radius 2 is 0.580 bits per heavy atom. The van der Waals surface area contributed by atoms with E-state index in [4.69, 9.17) is 0 Å². The average Bonchev–Trinajstić information content (AvgIpc) is 1.55. The monoisotopic (exact) mass is 1560 g/mol. The Balaban J connectivity index is 0.000000114. The zero-order chi connectivity index (χ0) is 83.6. The first-order valence-electron chi connectivity index (χ1n) is 42.4. The van der Waals surface area contributed by atoms with Crippen molar-refractivity contribution in [3.8, 4) is 56.7 Å². The molecule has 1 aliphatic heterocycles.